The fourth-order valence-electron chi connectivity index (χ4n) is 2.88. The molecular weight excluding hydrogens is 356 g/mol. The van der Waals surface area contributed by atoms with Crippen LogP contribution in [-0.4, -0.2) is 28.5 Å². The van der Waals surface area contributed by atoms with E-state index in [2.05, 4.69) is 10.1 Å². The van der Waals surface area contributed by atoms with E-state index < -0.39 is 5.69 Å². The van der Waals surface area contributed by atoms with Crippen LogP contribution < -0.4 is 11.2 Å². The monoisotopic (exact) mass is 370 g/mol. The summed E-state index contributed by atoms with van der Waals surface area (Å²) >= 11 is 5.91. The molecule has 4 rings (SSSR count). The maximum atomic E-state index is 12.5. The molecule has 9 heteroatoms. The molecule has 0 aliphatic carbocycles. The quantitative estimate of drug-likeness (QED) is 0.545. The van der Waals surface area contributed by atoms with Gasteiger partial charge in [-0.3, -0.25) is 13.9 Å². The van der Waals surface area contributed by atoms with Crippen molar-refractivity contribution < 1.29 is 0 Å². The Labute approximate surface area is 152 Å². The first-order valence-corrected chi connectivity index (χ1v) is 8.25. The fourth-order valence-corrected chi connectivity index (χ4v) is 3.00. The molecule has 132 valence electrons. The van der Waals surface area contributed by atoms with Crippen LogP contribution in [0.2, 0.25) is 5.02 Å². The third-order valence-electron chi connectivity index (χ3n) is 4.29. The van der Waals surface area contributed by atoms with Gasteiger partial charge in [0.2, 0.25) is 0 Å². The van der Waals surface area contributed by atoms with Crippen LogP contribution in [0.5, 0.6) is 0 Å². The molecule has 0 aliphatic heterocycles. The van der Waals surface area contributed by atoms with Gasteiger partial charge in [0, 0.05) is 25.3 Å². The lowest BCUT2D eigenvalue weighted by Gasteiger charge is -2.05. The second-order valence-corrected chi connectivity index (χ2v) is 6.41. The van der Waals surface area contributed by atoms with Crippen molar-refractivity contribution in [2.24, 2.45) is 14.1 Å². The zero-order valence-electron chi connectivity index (χ0n) is 14.1. The molecule has 1 aromatic carbocycles. The molecule has 0 aliphatic rings. The number of halogens is 1. The number of aromatic nitrogens is 6. The van der Waals surface area contributed by atoms with Crippen LogP contribution in [-0.2, 0) is 20.6 Å². The van der Waals surface area contributed by atoms with Gasteiger partial charge in [-0.05, 0) is 30.3 Å². The van der Waals surface area contributed by atoms with E-state index >= 15 is 0 Å². The van der Waals surface area contributed by atoms with E-state index in [0.717, 1.165) is 15.9 Å². The first kappa shape index (κ1) is 16.3. The molecule has 0 saturated carbocycles. The van der Waals surface area contributed by atoms with Gasteiger partial charge < -0.3 is 4.57 Å². The fraction of sp³-hybridized carbons (Fsp3) is 0.176. The molecule has 0 spiro atoms. The summed E-state index contributed by atoms with van der Waals surface area (Å²) in [4.78, 5) is 28.7. The van der Waals surface area contributed by atoms with Gasteiger partial charge in [0.15, 0.2) is 11.2 Å². The molecule has 0 fully saturated rings. The highest BCUT2D eigenvalue weighted by molar-refractivity contribution is 6.30. The molecule has 3 aromatic heterocycles. The number of hydrogen-bond donors (Lipinski definition) is 0. The lowest BCUT2D eigenvalue weighted by atomic mass is 10.3. The van der Waals surface area contributed by atoms with Crippen molar-refractivity contribution in [2.45, 2.75) is 6.54 Å². The predicted octanol–water partition coefficient (Wildman–Crippen LogP) is 1.32. The van der Waals surface area contributed by atoms with Crippen LogP contribution in [0.25, 0.3) is 16.9 Å². The number of nitrogens with zero attached hydrogens (tertiary/aromatic N) is 6. The zero-order valence-corrected chi connectivity index (χ0v) is 14.9. The molecule has 3 heterocycles. The van der Waals surface area contributed by atoms with Crippen molar-refractivity contribution in [3.63, 3.8) is 0 Å². The summed E-state index contributed by atoms with van der Waals surface area (Å²) in [6.45, 7) is 0.366. The molecule has 0 amide bonds. The Kier molecular flexibility index (Phi) is 3.77. The van der Waals surface area contributed by atoms with Crippen molar-refractivity contribution in [2.75, 3.05) is 0 Å². The number of rotatable bonds is 3. The van der Waals surface area contributed by atoms with Crippen LogP contribution in [0.4, 0.5) is 0 Å². The molecule has 8 nitrogen and oxygen atoms in total. The Morgan fingerprint density at radius 1 is 1.04 bits per heavy atom. The summed E-state index contributed by atoms with van der Waals surface area (Å²) in [5, 5.41) is 5.19. The average Bonchev–Trinajstić information content (AvgIpc) is 3.26. The van der Waals surface area contributed by atoms with Crippen molar-refractivity contribution in [3.8, 4) is 5.69 Å². The third-order valence-corrected chi connectivity index (χ3v) is 4.54. The summed E-state index contributed by atoms with van der Waals surface area (Å²) in [7, 11) is 3.05. The Morgan fingerprint density at radius 3 is 2.50 bits per heavy atom. The highest BCUT2D eigenvalue weighted by atomic mass is 35.5. The first-order valence-electron chi connectivity index (χ1n) is 7.87. The average molecular weight is 371 g/mol. The molecular formula is C17H15ClN6O2. The second kappa shape index (κ2) is 5.99. The minimum atomic E-state index is -0.403. The number of fused-ring (bicyclic) bond motifs is 1. The summed E-state index contributed by atoms with van der Waals surface area (Å²) in [6, 6.07) is 9.21. The largest absolute Gasteiger partial charge is 0.332 e. The highest BCUT2D eigenvalue weighted by Gasteiger charge is 2.15. The van der Waals surface area contributed by atoms with E-state index in [9.17, 15) is 9.59 Å². The van der Waals surface area contributed by atoms with E-state index in [4.69, 9.17) is 11.6 Å². The van der Waals surface area contributed by atoms with Gasteiger partial charge >= 0.3 is 5.69 Å². The van der Waals surface area contributed by atoms with Gasteiger partial charge in [-0.2, -0.15) is 5.10 Å². The van der Waals surface area contributed by atoms with Crippen molar-refractivity contribution in [1.82, 2.24) is 28.5 Å². The minimum absolute atomic E-state index is 0.357. The molecule has 0 unspecified atom stereocenters. The molecule has 0 saturated heterocycles. The molecule has 0 atom stereocenters. The number of imidazole rings is 1. The number of benzene rings is 1. The summed E-state index contributed by atoms with van der Waals surface area (Å²) in [6.07, 6.45) is 3.39. The predicted molar refractivity (Wildman–Crippen MR) is 97.9 cm³/mol. The van der Waals surface area contributed by atoms with Gasteiger partial charge in [0.05, 0.1) is 24.3 Å². The van der Waals surface area contributed by atoms with E-state index in [1.165, 1.54) is 11.6 Å². The van der Waals surface area contributed by atoms with E-state index in [1.807, 2.05) is 24.4 Å². The van der Waals surface area contributed by atoms with Gasteiger partial charge in [-0.1, -0.05) is 11.6 Å². The van der Waals surface area contributed by atoms with Gasteiger partial charge in [0.1, 0.15) is 0 Å². The Balaban J connectivity index is 1.74. The minimum Gasteiger partial charge on any atom is -0.319 e. The second-order valence-electron chi connectivity index (χ2n) is 5.98. The summed E-state index contributed by atoms with van der Waals surface area (Å²) in [5.74, 6) is 0. The molecule has 0 radical (unpaired) electrons. The van der Waals surface area contributed by atoms with Gasteiger partial charge in [-0.15, -0.1) is 0 Å². The SMILES string of the molecule is Cn1c(=O)c2c(ncn2Cc2ccn(-c3ccc(Cl)cc3)n2)n(C)c1=O. The smallest absolute Gasteiger partial charge is 0.319 e. The van der Waals surface area contributed by atoms with Crippen LogP contribution >= 0.6 is 11.6 Å². The van der Waals surface area contributed by atoms with Crippen LogP contribution in [0.1, 0.15) is 5.69 Å². The van der Waals surface area contributed by atoms with E-state index in [1.54, 1.807) is 34.8 Å². The Bertz CT molecular complexity index is 1230. The zero-order chi connectivity index (χ0) is 18.4. The molecule has 0 N–H and O–H groups in total. The Morgan fingerprint density at radius 2 is 1.77 bits per heavy atom. The maximum Gasteiger partial charge on any atom is 0.332 e. The number of aryl methyl sites for hydroxylation is 1. The van der Waals surface area contributed by atoms with Crippen molar-refractivity contribution in [3.05, 3.63) is 74.4 Å². The van der Waals surface area contributed by atoms with Crippen molar-refractivity contribution in [1.29, 1.82) is 0 Å². The molecule has 26 heavy (non-hydrogen) atoms. The van der Waals surface area contributed by atoms with Crippen LogP contribution in [0.3, 0.4) is 0 Å². The van der Waals surface area contributed by atoms with Crippen molar-refractivity contribution >= 4 is 22.8 Å². The number of hydrogen-bond acceptors (Lipinski definition) is 4. The van der Waals surface area contributed by atoms with E-state index in [0.29, 0.717) is 22.7 Å². The molecule has 4 aromatic rings. The highest BCUT2D eigenvalue weighted by Crippen LogP contribution is 2.14. The van der Waals surface area contributed by atoms with E-state index in [-0.39, 0.29) is 5.56 Å². The van der Waals surface area contributed by atoms with Gasteiger partial charge in [-0.25, -0.2) is 14.5 Å². The van der Waals surface area contributed by atoms with Gasteiger partial charge in [0.25, 0.3) is 5.56 Å². The standard InChI is InChI=1S/C17H15ClN6O2/c1-21-15-14(16(25)22(2)17(21)26)23(10-19-15)9-12-7-8-24(20-12)13-5-3-11(18)4-6-13/h3-8,10H,9H2,1-2H3. The first-order chi connectivity index (χ1) is 12.5. The molecule has 0 bridgehead atoms. The third kappa shape index (κ3) is 2.55. The summed E-state index contributed by atoms with van der Waals surface area (Å²) < 4.78 is 5.87. The lowest BCUT2D eigenvalue weighted by molar-refractivity contribution is 0.699. The lowest BCUT2D eigenvalue weighted by Crippen LogP contribution is -2.37. The Hall–Kier alpha value is -3.13. The maximum absolute atomic E-state index is 12.5. The normalized spacial score (nSPS) is 11.3. The summed E-state index contributed by atoms with van der Waals surface area (Å²) in [5.41, 5.74) is 1.59. The van der Waals surface area contributed by atoms with Crippen LogP contribution in [0, 0.1) is 0 Å². The van der Waals surface area contributed by atoms with Crippen LogP contribution in [0.15, 0.2) is 52.4 Å². The topological polar surface area (TPSA) is 79.6 Å².